The third kappa shape index (κ3) is 2.55. The number of nitrogens with zero attached hydrogens (tertiary/aromatic N) is 5. The highest BCUT2D eigenvalue weighted by atomic mass is 16.5. The Balaban J connectivity index is 1.88. The number of hydrogen-bond acceptors (Lipinski definition) is 7. The van der Waals surface area contributed by atoms with Gasteiger partial charge in [-0.05, 0) is 13.3 Å². The lowest BCUT2D eigenvalue weighted by atomic mass is 10.2. The summed E-state index contributed by atoms with van der Waals surface area (Å²) in [4.78, 5) is 17.0. The van der Waals surface area contributed by atoms with E-state index in [1.54, 1.807) is 30.3 Å². The lowest BCUT2D eigenvalue weighted by Crippen LogP contribution is -2.28. The summed E-state index contributed by atoms with van der Waals surface area (Å²) in [5.74, 6) is 1.57. The zero-order valence-corrected chi connectivity index (χ0v) is 11.4. The van der Waals surface area contributed by atoms with Crippen molar-refractivity contribution in [2.24, 2.45) is 0 Å². The van der Waals surface area contributed by atoms with Crippen LogP contribution in [0.2, 0.25) is 0 Å². The fourth-order valence-electron chi connectivity index (χ4n) is 2.12. The summed E-state index contributed by atoms with van der Waals surface area (Å²) in [7, 11) is 1.78. The average molecular weight is 275 g/mol. The van der Waals surface area contributed by atoms with Gasteiger partial charge >= 0.3 is 0 Å². The first-order chi connectivity index (χ1) is 9.76. The molecule has 1 aliphatic rings. The third-order valence-electron chi connectivity index (χ3n) is 3.27. The molecule has 1 saturated heterocycles. The van der Waals surface area contributed by atoms with Crippen LogP contribution in [0.4, 0.5) is 11.9 Å². The number of hydrogen-bond donors (Lipinski definition) is 2. The van der Waals surface area contributed by atoms with Crippen LogP contribution in [0, 0.1) is 0 Å². The molecule has 0 amide bonds. The zero-order chi connectivity index (χ0) is 13.9. The lowest BCUT2D eigenvalue weighted by molar-refractivity contribution is 0.121. The van der Waals surface area contributed by atoms with Crippen molar-refractivity contribution in [1.82, 2.24) is 24.5 Å². The molecule has 8 heteroatoms. The Morgan fingerprint density at radius 3 is 2.80 bits per heavy atom. The monoisotopic (exact) mass is 275 g/mol. The fourth-order valence-corrected chi connectivity index (χ4v) is 2.12. The molecule has 2 unspecified atom stereocenters. The van der Waals surface area contributed by atoms with Gasteiger partial charge in [-0.1, -0.05) is 0 Å². The van der Waals surface area contributed by atoms with Gasteiger partial charge in [0.1, 0.15) is 6.33 Å². The van der Waals surface area contributed by atoms with E-state index in [2.05, 4.69) is 30.6 Å². The molecule has 20 heavy (non-hydrogen) atoms. The van der Waals surface area contributed by atoms with E-state index in [0.717, 1.165) is 13.0 Å². The van der Waals surface area contributed by atoms with E-state index in [4.69, 9.17) is 4.74 Å². The minimum Gasteiger partial charge on any atom is -0.376 e. The van der Waals surface area contributed by atoms with Gasteiger partial charge in [0.05, 0.1) is 12.1 Å². The first kappa shape index (κ1) is 12.8. The van der Waals surface area contributed by atoms with E-state index in [9.17, 15) is 0 Å². The van der Waals surface area contributed by atoms with Crippen LogP contribution < -0.4 is 10.6 Å². The maximum atomic E-state index is 5.53. The highest BCUT2D eigenvalue weighted by molar-refractivity contribution is 5.38. The summed E-state index contributed by atoms with van der Waals surface area (Å²) in [5.41, 5.74) is 0. The predicted molar refractivity (Wildman–Crippen MR) is 73.9 cm³/mol. The number of anilines is 2. The van der Waals surface area contributed by atoms with E-state index in [1.807, 2.05) is 6.92 Å². The van der Waals surface area contributed by atoms with E-state index < -0.39 is 0 Å². The Labute approximate surface area is 116 Å². The van der Waals surface area contributed by atoms with Crippen molar-refractivity contribution in [3.63, 3.8) is 0 Å². The summed E-state index contributed by atoms with van der Waals surface area (Å²) >= 11 is 0. The minimum atomic E-state index is 0.154. The Morgan fingerprint density at radius 2 is 2.15 bits per heavy atom. The topological polar surface area (TPSA) is 89.8 Å². The SMILES string of the molecule is CNc1nc(NC2CCOC2C)nc(-n2ccnc2)n1. The third-order valence-corrected chi connectivity index (χ3v) is 3.27. The molecule has 0 radical (unpaired) electrons. The number of aromatic nitrogens is 5. The minimum absolute atomic E-state index is 0.154. The molecule has 2 aromatic rings. The van der Waals surface area contributed by atoms with Crippen molar-refractivity contribution in [2.75, 3.05) is 24.3 Å². The summed E-state index contributed by atoms with van der Waals surface area (Å²) in [6.07, 6.45) is 6.23. The van der Waals surface area contributed by atoms with Crippen molar-refractivity contribution < 1.29 is 4.74 Å². The second-order valence-corrected chi connectivity index (χ2v) is 4.62. The second-order valence-electron chi connectivity index (χ2n) is 4.62. The molecule has 0 bridgehead atoms. The normalized spacial score (nSPS) is 21.9. The van der Waals surface area contributed by atoms with Crippen molar-refractivity contribution in [3.8, 4) is 5.95 Å². The Bertz CT molecular complexity index is 571. The van der Waals surface area contributed by atoms with Crippen molar-refractivity contribution >= 4 is 11.9 Å². The van der Waals surface area contributed by atoms with Crippen LogP contribution in [0.5, 0.6) is 0 Å². The molecule has 1 fully saturated rings. The molecule has 2 atom stereocenters. The molecule has 2 aromatic heterocycles. The van der Waals surface area contributed by atoms with Gasteiger partial charge in [-0.2, -0.15) is 15.0 Å². The lowest BCUT2D eigenvalue weighted by Gasteiger charge is -2.16. The number of nitrogens with one attached hydrogen (secondary N) is 2. The maximum absolute atomic E-state index is 5.53. The first-order valence-corrected chi connectivity index (χ1v) is 6.56. The van der Waals surface area contributed by atoms with Crippen LogP contribution in [0.1, 0.15) is 13.3 Å². The molecular weight excluding hydrogens is 258 g/mol. The molecule has 1 aliphatic heterocycles. The van der Waals surface area contributed by atoms with Gasteiger partial charge in [0, 0.05) is 26.0 Å². The standard InChI is InChI=1S/C12H17N7O/c1-8-9(3-6-20-8)15-11-16-10(13-2)17-12(18-11)19-5-4-14-7-19/h4-5,7-9H,3,6H2,1-2H3,(H2,13,15,16,17,18). The fraction of sp³-hybridized carbons (Fsp3) is 0.500. The molecule has 0 aromatic carbocycles. The van der Waals surface area contributed by atoms with Gasteiger partial charge < -0.3 is 15.4 Å². The van der Waals surface area contributed by atoms with Crippen molar-refractivity contribution in [2.45, 2.75) is 25.5 Å². The molecule has 0 spiro atoms. The number of rotatable bonds is 4. The molecule has 2 N–H and O–H groups in total. The molecule has 106 valence electrons. The maximum Gasteiger partial charge on any atom is 0.241 e. The smallest absolute Gasteiger partial charge is 0.241 e. The van der Waals surface area contributed by atoms with Crippen LogP contribution in [0.3, 0.4) is 0 Å². The van der Waals surface area contributed by atoms with Crippen LogP contribution in [0.15, 0.2) is 18.7 Å². The molecule has 0 saturated carbocycles. The largest absolute Gasteiger partial charge is 0.376 e. The molecule has 0 aliphatic carbocycles. The van der Waals surface area contributed by atoms with Gasteiger partial charge in [-0.15, -0.1) is 0 Å². The van der Waals surface area contributed by atoms with Crippen molar-refractivity contribution in [3.05, 3.63) is 18.7 Å². The van der Waals surface area contributed by atoms with Crippen LogP contribution in [-0.2, 0) is 4.74 Å². The van der Waals surface area contributed by atoms with E-state index in [-0.39, 0.29) is 12.1 Å². The predicted octanol–water partition coefficient (Wildman–Crippen LogP) is 0.688. The van der Waals surface area contributed by atoms with Crippen LogP contribution in [-0.4, -0.2) is 50.3 Å². The van der Waals surface area contributed by atoms with E-state index >= 15 is 0 Å². The number of imidazole rings is 1. The Hall–Kier alpha value is -2.22. The molecular formula is C12H17N7O. The molecule has 3 heterocycles. The molecule has 8 nitrogen and oxygen atoms in total. The highest BCUT2D eigenvalue weighted by Gasteiger charge is 2.25. The summed E-state index contributed by atoms with van der Waals surface area (Å²) in [6, 6.07) is 0.220. The van der Waals surface area contributed by atoms with Crippen LogP contribution >= 0.6 is 0 Å². The number of ether oxygens (including phenoxy) is 1. The van der Waals surface area contributed by atoms with Gasteiger partial charge in [0.15, 0.2) is 0 Å². The quantitative estimate of drug-likeness (QED) is 0.848. The van der Waals surface area contributed by atoms with Gasteiger partial charge in [-0.25, -0.2) is 4.98 Å². The second kappa shape index (κ2) is 5.41. The van der Waals surface area contributed by atoms with E-state index in [1.165, 1.54) is 0 Å². The highest BCUT2D eigenvalue weighted by Crippen LogP contribution is 2.17. The van der Waals surface area contributed by atoms with Crippen LogP contribution in [0.25, 0.3) is 5.95 Å². The molecule has 3 rings (SSSR count). The van der Waals surface area contributed by atoms with Gasteiger partial charge in [0.25, 0.3) is 0 Å². The first-order valence-electron chi connectivity index (χ1n) is 6.56. The van der Waals surface area contributed by atoms with Crippen molar-refractivity contribution in [1.29, 1.82) is 0 Å². The Morgan fingerprint density at radius 1 is 1.30 bits per heavy atom. The van der Waals surface area contributed by atoms with Gasteiger partial charge in [-0.3, -0.25) is 4.57 Å². The summed E-state index contributed by atoms with van der Waals surface area (Å²) in [5, 5.41) is 6.25. The van der Waals surface area contributed by atoms with Gasteiger partial charge in [0.2, 0.25) is 17.8 Å². The Kier molecular flexibility index (Phi) is 3.46. The average Bonchev–Trinajstić information content (AvgIpc) is 3.11. The zero-order valence-electron chi connectivity index (χ0n) is 11.4. The summed E-state index contributed by atoms with van der Waals surface area (Å²) in [6.45, 7) is 2.80. The van der Waals surface area contributed by atoms with E-state index in [0.29, 0.717) is 17.8 Å². The summed E-state index contributed by atoms with van der Waals surface area (Å²) < 4.78 is 7.27.